The van der Waals surface area contributed by atoms with E-state index in [-0.39, 0.29) is 11.4 Å². The van der Waals surface area contributed by atoms with Gasteiger partial charge in [-0.25, -0.2) is 0 Å². The highest BCUT2D eigenvalue weighted by molar-refractivity contribution is 5.79. The minimum Gasteiger partial charge on any atom is -0.336 e. The molecule has 1 aliphatic heterocycles. The molecule has 1 heterocycles. The highest BCUT2D eigenvalue weighted by Crippen LogP contribution is 2.29. The Balaban J connectivity index is 1.74. The fourth-order valence-corrected chi connectivity index (χ4v) is 2.37. The first kappa shape index (κ1) is 10.9. The number of nitrogens with one attached hydrogen (secondary N) is 1. The van der Waals surface area contributed by atoms with Gasteiger partial charge in [0.05, 0.1) is 6.54 Å². The first-order valence-electron chi connectivity index (χ1n) is 6.11. The summed E-state index contributed by atoms with van der Waals surface area (Å²) in [6, 6.07) is 0. The molecule has 0 aromatic rings. The van der Waals surface area contributed by atoms with Crippen molar-refractivity contribution in [3.05, 3.63) is 0 Å². The van der Waals surface area contributed by atoms with E-state index in [0.29, 0.717) is 6.54 Å². The molecule has 0 aromatic carbocycles. The second-order valence-corrected chi connectivity index (χ2v) is 5.54. The van der Waals surface area contributed by atoms with E-state index in [1.54, 1.807) is 0 Å². The molecule has 0 spiro atoms. The summed E-state index contributed by atoms with van der Waals surface area (Å²) < 4.78 is 0. The van der Waals surface area contributed by atoms with Crippen LogP contribution in [0.4, 0.5) is 0 Å². The van der Waals surface area contributed by atoms with Gasteiger partial charge in [-0.15, -0.1) is 0 Å². The average Bonchev–Trinajstić information content (AvgIpc) is 2.89. The molecule has 3 nitrogen and oxygen atoms in total. The number of nitrogens with zero attached hydrogens (tertiary/aromatic N) is 1. The molecular weight excluding hydrogens is 188 g/mol. The number of hydrogen-bond acceptors (Lipinski definition) is 2. The Bertz CT molecular complexity index is 246. The third kappa shape index (κ3) is 2.71. The number of amides is 1. The smallest absolute Gasteiger partial charge is 0.236 e. The van der Waals surface area contributed by atoms with Gasteiger partial charge in [-0.2, -0.15) is 0 Å². The zero-order chi connectivity index (χ0) is 10.9. The average molecular weight is 210 g/mol. The first-order chi connectivity index (χ1) is 7.09. The minimum atomic E-state index is 0.0817. The monoisotopic (exact) mass is 210 g/mol. The van der Waals surface area contributed by atoms with Gasteiger partial charge in [0.25, 0.3) is 0 Å². The van der Waals surface area contributed by atoms with Crippen molar-refractivity contribution >= 4 is 5.91 Å². The lowest BCUT2D eigenvalue weighted by atomic mass is 10.0. The molecule has 2 rings (SSSR count). The first-order valence-corrected chi connectivity index (χ1v) is 6.11. The van der Waals surface area contributed by atoms with Crippen LogP contribution in [-0.4, -0.2) is 36.0 Å². The Morgan fingerprint density at radius 1 is 1.47 bits per heavy atom. The summed E-state index contributed by atoms with van der Waals surface area (Å²) in [6.45, 7) is 6.83. The molecule has 1 saturated heterocycles. The molecule has 0 unspecified atom stereocenters. The van der Waals surface area contributed by atoms with Gasteiger partial charge in [-0.3, -0.25) is 4.79 Å². The van der Waals surface area contributed by atoms with Gasteiger partial charge in [-0.05, 0) is 52.0 Å². The van der Waals surface area contributed by atoms with E-state index in [2.05, 4.69) is 19.2 Å². The Labute approximate surface area is 92.2 Å². The number of likely N-dealkylation sites (tertiary alicyclic amines) is 1. The van der Waals surface area contributed by atoms with Crippen molar-refractivity contribution in [3.63, 3.8) is 0 Å². The topological polar surface area (TPSA) is 32.3 Å². The van der Waals surface area contributed by atoms with Gasteiger partial charge in [0.1, 0.15) is 0 Å². The van der Waals surface area contributed by atoms with E-state index >= 15 is 0 Å². The van der Waals surface area contributed by atoms with Gasteiger partial charge in [0, 0.05) is 12.1 Å². The second kappa shape index (κ2) is 4.12. The fraction of sp³-hybridized carbons (Fsp3) is 0.917. The third-order valence-corrected chi connectivity index (χ3v) is 3.61. The molecule has 2 fully saturated rings. The van der Waals surface area contributed by atoms with E-state index in [1.807, 2.05) is 4.90 Å². The van der Waals surface area contributed by atoms with E-state index in [1.165, 1.54) is 12.8 Å². The van der Waals surface area contributed by atoms with Crippen LogP contribution in [0.3, 0.4) is 0 Å². The van der Waals surface area contributed by atoms with E-state index in [9.17, 15) is 4.79 Å². The Morgan fingerprint density at radius 3 is 2.73 bits per heavy atom. The van der Waals surface area contributed by atoms with Crippen LogP contribution < -0.4 is 5.32 Å². The van der Waals surface area contributed by atoms with Crippen LogP contribution in [0.25, 0.3) is 0 Å². The van der Waals surface area contributed by atoms with Crippen LogP contribution in [-0.2, 0) is 4.79 Å². The maximum absolute atomic E-state index is 11.9. The molecule has 86 valence electrons. The van der Waals surface area contributed by atoms with Crippen molar-refractivity contribution in [1.82, 2.24) is 10.2 Å². The Hall–Kier alpha value is -0.570. The lowest BCUT2D eigenvalue weighted by Crippen LogP contribution is -2.46. The number of carbonyl (C=O) groups excluding carboxylic acids is 1. The van der Waals surface area contributed by atoms with Crippen molar-refractivity contribution in [3.8, 4) is 0 Å². The van der Waals surface area contributed by atoms with Crippen molar-refractivity contribution in [2.24, 2.45) is 5.92 Å². The van der Waals surface area contributed by atoms with Crippen LogP contribution in [0.15, 0.2) is 0 Å². The molecule has 2 aliphatic rings. The molecule has 0 bridgehead atoms. The quantitative estimate of drug-likeness (QED) is 0.760. The lowest BCUT2D eigenvalue weighted by molar-refractivity contribution is -0.133. The summed E-state index contributed by atoms with van der Waals surface area (Å²) >= 11 is 0. The second-order valence-electron chi connectivity index (χ2n) is 5.54. The fourth-order valence-electron chi connectivity index (χ4n) is 2.37. The van der Waals surface area contributed by atoms with E-state index in [4.69, 9.17) is 0 Å². The Kier molecular flexibility index (Phi) is 3.01. The summed E-state index contributed by atoms with van der Waals surface area (Å²) in [5.74, 6) is 1.13. The number of rotatable bonds is 4. The number of carbonyl (C=O) groups is 1. The predicted molar refractivity (Wildman–Crippen MR) is 60.6 cm³/mol. The predicted octanol–water partition coefficient (Wildman–Crippen LogP) is 1.39. The van der Waals surface area contributed by atoms with E-state index < -0.39 is 0 Å². The molecule has 15 heavy (non-hydrogen) atoms. The zero-order valence-electron chi connectivity index (χ0n) is 9.88. The molecule has 1 saturated carbocycles. The molecule has 1 aliphatic carbocycles. The van der Waals surface area contributed by atoms with Gasteiger partial charge >= 0.3 is 0 Å². The highest BCUT2D eigenvalue weighted by Gasteiger charge is 2.34. The van der Waals surface area contributed by atoms with E-state index in [0.717, 1.165) is 31.8 Å². The van der Waals surface area contributed by atoms with Gasteiger partial charge in [0.2, 0.25) is 5.91 Å². The largest absolute Gasteiger partial charge is 0.336 e. The van der Waals surface area contributed by atoms with Crippen molar-refractivity contribution in [2.45, 2.75) is 45.1 Å². The maximum Gasteiger partial charge on any atom is 0.236 e. The van der Waals surface area contributed by atoms with Gasteiger partial charge < -0.3 is 10.2 Å². The van der Waals surface area contributed by atoms with Crippen molar-refractivity contribution < 1.29 is 4.79 Å². The van der Waals surface area contributed by atoms with Crippen LogP contribution in [0.2, 0.25) is 0 Å². The van der Waals surface area contributed by atoms with Crippen LogP contribution in [0.1, 0.15) is 39.5 Å². The standard InChI is InChI=1S/C12H22N2O/c1-12(2)6-3-7-14(12)11(15)9-13-8-10-4-5-10/h10,13H,3-9H2,1-2H3. The molecule has 0 atom stereocenters. The van der Waals surface area contributed by atoms with Gasteiger partial charge in [-0.1, -0.05) is 0 Å². The highest BCUT2D eigenvalue weighted by atomic mass is 16.2. The summed E-state index contributed by atoms with van der Waals surface area (Å²) in [4.78, 5) is 14.0. The molecule has 0 aromatic heterocycles. The van der Waals surface area contributed by atoms with Crippen molar-refractivity contribution in [1.29, 1.82) is 0 Å². The SMILES string of the molecule is CC1(C)CCCN1C(=O)CNCC1CC1. The van der Waals surface area contributed by atoms with Crippen molar-refractivity contribution in [2.75, 3.05) is 19.6 Å². The summed E-state index contributed by atoms with van der Waals surface area (Å²) in [7, 11) is 0. The number of hydrogen-bond donors (Lipinski definition) is 1. The third-order valence-electron chi connectivity index (χ3n) is 3.61. The lowest BCUT2D eigenvalue weighted by Gasteiger charge is -2.31. The summed E-state index contributed by atoms with van der Waals surface area (Å²) in [5, 5.41) is 3.27. The van der Waals surface area contributed by atoms with Crippen LogP contribution in [0, 0.1) is 5.92 Å². The molecule has 0 radical (unpaired) electrons. The maximum atomic E-state index is 11.9. The summed E-state index contributed by atoms with van der Waals surface area (Å²) in [5.41, 5.74) is 0.0817. The normalized spacial score (nSPS) is 24.5. The summed E-state index contributed by atoms with van der Waals surface area (Å²) in [6.07, 6.45) is 4.98. The zero-order valence-corrected chi connectivity index (χ0v) is 9.88. The molecule has 3 heteroatoms. The van der Waals surface area contributed by atoms with Crippen LogP contribution in [0.5, 0.6) is 0 Å². The molecule has 1 N–H and O–H groups in total. The Morgan fingerprint density at radius 2 is 2.20 bits per heavy atom. The van der Waals surface area contributed by atoms with Gasteiger partial charge in [0.15, 0.2) is 0 Å². The molecule has 1 amide bonds. The molecular formula is C12H22N2O. The minimum absolute atomic E-state index is 0.0817. The van der Waals surface area contributed by atoms with Crippen LogP contribution >= 0.6 is 0 Å².